The zero-order valence-corrected chi connectivity index (χ0v) is 10.2. The molecule has 3 heteroatoms. The van der Waals surface area contributed by atoms with Gasteiger partial charge in [-0.2, -0.15) is 0 Å². The molecule has 1 aliphatic heterocycles. The van der Waals surface area contributed by atoms with Crippen LogP contribution in [0.2, 0.25) is 4.82 Å². The van der Waals surface area contributed by atoms with Crippen LogP contribution in [0.1, 0.15) is 46.0 Å². The van der Waals surface area contributed by atoms with Crippen LogP contribution in [0.4, 0.5) is 0 Å². The van der Waals surface area contributed by atoms with Gasteiger partial charge in [0.1, 0.15) is 0 Å². The van der Waals surface area contributed by atoms with Crippen molar-refractivity contribution < 1.29 is 5.11 Å². The molecule has 1 rings (SSSR count). The average Bonchev–Trinajstić information content (AvgIpc) is 2.03. The van der Waals surface area contributed by atoms with E-state index in [0.717, 1.165) is 12.8 Å². The number of aliphatic hydroxyl groups excluding tert-OH is 1. The summed E-state index contributed by atoms with van der Waals surface area (Å²) in [6, 6.07) is 0. The Morgan fingerprint density at radius 3 is 2.92 bits per heavy atom. The quantitative estimate of drug-likeness (QED) is 0.600. The van der Waals surface area contributed by atoms with Crippen molar-refractivity contribution >= 4 is 19.6 Å². The third kappa shape index (κ3) is 4.26. The van der Waals surface area contributed by atoms with E-state index in [1.54, 1.807) is 0 Å². The second kappa shape index (κ2) is 5.79. The molecule has 0 spiro atoms. The Kier molecular flexibility index (Phi) is 5.00. The molecule has 0 aromatic heterocycles. The molecule has 0 fully saturated rings. The van der Waals surface area contributed by atoms with Gasteiger partial charge < -0.3 is 0 Å². The first kappa shape index (κ1) is 11.2. The van der Waals surface area contributed by atoms with Crippen molar-refractivity contribution in [2.24, 2.45) is 4.99 Å². The van der Waals surface area contributed by atoms with E-state index in [-0.39, 0.29) is 0 Å². The first-order valence-electron chi connectivity index (χ1n) is 5.13. The molecule has 2 nitrogen and oxygen atoms in total. The Labute approximate surface area is 87.0 Å². The molecule has 0 bridgehead atoms. The maximum atomic E-state index is 9.43. The topological polar surface area (TPSA) is 32.6 Å². The average molecular weight is 248 g/mol. The van der Waals surface area contributed by atoms with E-state index in [4.69, 9.17) is 0 Å². The summed E-state index contributed by atoms with van der Waals surface area (Å²) in [6.07, 6.45) is 5.39. The number of hydrogen-bond acceptors (Lipinski definition) is 2. The van der Waals surface area contributed by atoms with Crippen molar-refractivity contribution in [3.05, 3.63) is 0 Å². The van der Waals surface area contributed by atoms with Gasteiger partial charge in [0.25, 0.3) is 0 Å². The molecule has 0 saturated heterocycles. The van der Waals surface area contributed by atoms with Crippen molar-refractivity contribution in [2.75, 3.05) is 0 Å². The van der Waals surface area contributed by atoms with Gasteiger partial charge >= 0.3 is 86.7 Å². The van der Waals surface area contributed by atoms with Crippen LogP contribution in [0.3, 0.4) is 0 Å². The Hall–Kier alpha value is 0.149. The van der Waals surface area contributed by atoms with Gasteiger partial charge in [0.05, 0.1) is 0 Å². The summed E-state index contributed by atoms with van der Waals surface area (Å²) in [5.74, 6) is 0. The van der Waals surface area contributed by atoms with Crippen LogP contribution in [-0.2, 0) is 0 Å². The van der Waals surface area contributed by atoms with E-state index in [2.05, 4.69) is 18.8 Å². The van der Waals surface area contributed by atoms with Crippen LogP contribution in [0.25, 0.3) is 0 Å². The maximum absolute atomic E-state index is 9.43. The molecule has 0 aromatic rings. The summed E-state index contributed by atoms with van der Waals surface area (Å²) < 4.78 is 1.30. The van der Waals surface area contributed by atoms with E-state index in [0.29, 0.717) is 19.8 Å². The fourth-order valence-electron chi connectivity index (χ4n) is 1.48. The standard InChI is InChI=1S/C10H19NOSe/c1-3-4-5-6-10-11-9(12)7-8(2)13-10/h8-9,12H,3-7H2,1-2H3/t8-,9-/m0/s1. The van der Waals surface area contributed by atoms with Gasteiger partial charge in [-0.3, -0.25) is 0 Å². The molecule has 0 saturated carbocycles. The first-order valence-corrected chi connectivity index (χ1v) is 6.98. The van der Waals surface area contributed by atoms with Gasteiger partial charge in [-0.05, 0) is 0 Å². The van der Waals surface area contributed by atoms with Crippen LogP contribution < -0.4 is 0 Å². The molecule has 0 amide bonds. The predicted octanol–water partition coefficient (Wildman–Crippen LogP) is 2.20. The second-order valence-corrected chi connectivity index (χ2v) is 6.80. The third-order valence-corrected chi connectivity index (χ3v) is 4.64. The van der Waals surface area contributed by atoms with Crippen molar-refractivity contribution in [1.82, 2.24) is 0 Å². The van der Waals surface area contributed by atoms with Crippen LogP contribution in [0.5, 0.6) is 0 Å². The molecule has 76 valence electrons. The SMILES string of the molecule is CCCCCC1=N[C@@H](O)C[C@H](C)[Se]1. The van der Waals surface area contributed by atoms with Crippen molar-refractivity contribution in [2.45, 2.75) is 57.0 Å². The normalized spacial score (nSPS) is 28.7. The Morgan fingerprint density at radius 1 is 1.54 bits per heavy atom. The number of hydrogen-bond donors (Lipinski definition) is 1. The number of rotatable bonds is 4. The number of unbranched alkanes of at least 4 members (excludes halogenated alkanes) is 2. The summed E-state index contributed by atoms with van der Waals surface area (Å²) in [4.78, 5) is 4.98. The van der Waals surface area contributed by atoms with E-state index >= 15 is 0 Å². The van der Waals surface area contributed by atoms with Crippen LogP contribution in [0, 0.1) is 0 Å². The number of aliphatic imine (C=N–C) groups is 1. The van der Waals surface area contributed by atoms with Gasteiger partial charge in [0.15, 0.2) is 0 Å². The molecule has 0 aliphatic carbocycles. The Morgan fingerprint density at radius 2 is 2.31 bits per heavy atom. The van der Waals surface area contributed by atoms with E-state index in [1.807, 2.05) is 0 Å². The van der Waals surface area contributed by atoms with Gasteiger partial charge in [-0.25, -0.2) is 0 Å². The summed E-state index contributed by atoms with van der Waals surface area (Å²) >= 11 is 0.549. The molecule has 0 unspecified atom stereocenters. The molecular formula is C10H19NOSe. The first-order chi connectivity index (χ1) is 6.22. The molecule has 13 heavy (non-hydrogen) atoms. The number of nitrogens with zero attached hydrogens (tertiary/aromatic N) is 1. The van der Waals surface area contributed by atoms with Gasteiger partial charge in [0, 0.05) is 0 Å². The number of aliphatic hydroxyl groups is 1. The summed E-state index contributed by atoms with van der Waals surface area (Å²) in [7, 11) is 0. The molecule has 2 atom stereocenters. The van der Waals surface area contributed by atoms with Crippen molar-refractivity contribution in [3.8, 4) is 0 Å². The Balaban J connectivity index is 2.31. The van der Waals surface area contributed by atoms with Crippen molar-refractivity contribution in [3.63, 3.8) is 0 Å². The molecule has 1 heterocycles. The van der Waals surface area contributed by atoms with E-state index in [1.165, 1.54) is 23.9 Å². The van der Waals surface area contributed by atoms with Gasteiger partial charge in [-0.15, -0.1) is 0 Å². The third-order valence-electron chi connectivity index (χ3n) is 2.17. The summed E-state index contributed by atoms with van der Waals surface area (Å²) in [6.45, 7) is 4.43. The molecule has 1 N–H and O–H groups in total. The molecular weight excluding hydrogens is 229 g/mol. The summed E-state index contributed by atoms with van der Waals surface area (Å²) in [5.41, 5.74) is 0. The molecule has 0 aromatic carbocycles. The minimum absolute atomic E-state index is 0.401. The van der Waals surface area contributed by atoms with Crippen LogP contribution in [0.15, 0.2) is 4.99 Å². The van der Waals surface area contributed by atoms with Crippen LogP contribution in [-0.4, -0.2) is 30.9 Å². The van der Waals surface area contributed by atoms with E-state index < -0.39 is 6.23 Å². The fraction of sp³-hybridized carbons (Fsp3) is 0.900. The zero-order valence-electron chi connectivity index (χ0n) is 8.49. The molecule has 0 radical (unpaired) electrons. The van der Waals surface area contributed by atoms with Crippen LogP contribution >= 0.6 is 0 Å². The minimum atomic E-state index is -0.401. The van der Waals surface area contributed by atoms with E-state index in [9.17, 15) is 5.11 Å². The zero-order chi connectivity index (χ0) is 9.68. The molecule has 1 aliphatic rings. The summed E-state index contributed by atoms with van der Waals surface area (Å²) in [5, 5.41) is 9.43. The van der Waals surface area contributed by atoms with Gasteiger partial charge in [-0.1, -0.05) is 0 Å². The Bertz CT molecular complexity index is 182. The second-order valence-electron chi connectivity index (χ2n) is 3.62. The van der Waals surface area contributed by atoms with Crippen molar-refractivity contribution in [1.29, 1.82) is 0 Å². The monoisotopic (exact) mass is 249 g/mol. The fourth-order valence-corrected chi connectivity index (χ4v) is 3.95. The van der Waals surface area contributed by atoms with Gasteiger partial charge in [0.2, 0.25) is 0 Å². The predicted molar refractivity (Wildman–Crippen MR) is 57.4 cm³/mol.